The van der Waals surface area contributed by atoms with E-state index in [0.29, 0.717) is 53.7 Å². The normalized spacial score (nSPS) is 13.7. The van der Waals surface area contributed by atoms with Crippen molar-refractivity contribution in [1.29, 1.82) is 0 Å². The molecule has 0 amide bonds. The number of hydrogen-bond donors (Lipinski definition) is 2. The van der Waals surface area contributed by atoms with E-state index in [1.165, 1.54) is 24.6 Å². The molecule has 1 aliphatic rings. The number of nitrogens with one attached hydrogen (secondary N) is 2. The van der Waals surface area contributed by atoms with Crippen LogP contribution >= 0.6 is 11.8 Å². The highest BCUT2D eigenvalue weighted by Gasteiger charge is 2.23. The van der Waals surface area contributed by atoms with Gasteiger partial charge in [-0.05, 0) is 49.2 Å². The molecule has 36 heavy (non-hydrogen) atoms. The number of benzene rings is 1. The highest BCUT2D eigenvalue weighted by atomic mass is 32.2. The van der Waals surface area contributed by atoms with Gasteiger partial charge in [-0.3, -0.25) is 9.89 Å². The lowest BCUT2D eigenvalue weighted by Gasteiger charge is -2.22. The highest BCUT2D eigenvalue weighted by Crippen LogP contribution is 2.37. The highest BCUT2D eigenvalue weighted by molar-refractivity contribution is 7.99. The fourth-order valence-corrected chi connectivity index (χ4v) is 5.06. The number of ether oxygens (including phenoxy) is 2. The number of H-pyrrole nitrogens is 1. The van der Waals surface area contributed by atoms with Gasteiger partial charge in [-0.2, -0.15) is 5.10 Å². The van der Waals surface area contributed by atoms with Crippen molar-refractivity contribution in [2.45, 2.75) is 49.1 Å². The van der Waals surface area contributed by atoms with Gasteiger partial charge < -0.3 is 19.7 Å². The van der Waals surface area contributed by atoms with Crippen LogP contribution in [0.15, 0.2) is 40.4 Å². The first-order valence-corrected chi connectivity index (χ1v) is 13.0. The van der Waals surface area contributed by atoms with Crippen molar-refractivity contribution in [3.8, 4) is 5.75 Å². The zero-order valence-corrected chi connectivity index (χ0v) is 22.2. The van der Waals surface area contributed by atoms with Crippen molar-refractivity contribution in [1.82, 2.24) is 20.2 Å². The van der Waals surface area contributed by atoms with Crippen LogP contribution in [0.1, 0.15) is 36.9 Å². The number of aromatic amines is 1. The fraction of sp³-hybridized carbons (Fsp3) is 0.462. The number of rotatable bonds is 12. The maximum atomic E-state index is 12.6. The molecule has 192 valence electrons. The summed E-state index contributed by atoms with van der Waals surface area (Å²) in [4.78, 5) is 25.1. The van der Waals surface area contributed by atoms with E-state index in [1.807, 2.05) is 49.2 Å². The van der Waals surface area contributed by atoms with Gasteiger partial charge in [-0.15, -0.1) is 0 Å². The Kier molecular flexibility index (Phi) is 8.82. The first-order valence-electron chi connectivity index (χ1n) is 12.2. The smallest absolute Gasteiger partial charge is 0.204 e. The monoisotopic (exact) mass is 510 g/mol. The van der Waals surface area contributed by atoms with Gasteiger partial charge in [-0.1, -0.05) is 25.0 Å². The van der Waals surface area contributed by atoms with E-state index < -0.39 is 0 Å². The molecule has 0 aliphatic heterocycles. The lowest BCUT2D eigenvalue weighted by Crippen LogP contribution is -2.24. The van der Waals surface area contributed by atoms with E-state index >= 15 is 0 Å². The summed E-state index contributed by atoms with van der Waals surface area (Å²) >= 11 is 1.46. The van der Waals surface area contributed by atoms with Gasteiger partial charge in [0.1, 0.15) is 5.78 Å². The van der Waals surface area contributed by atoms with Crippen LogP contribution in [0.2, 0.25) is 0 Å². The molecule has 0 saturated heterocycles. The minimum atomic E-state index is 0.240. The molecule has 2 N–H and O–H groups in total. The molecule has 0 unspecified atom stereocenters. The average molecular weight is 511 g/mol. The van der Waals surface area contributed by atoms with Gasteiger partial charge in [-0.25, -0.2) is 9.97 Å². The van der Waals surface area contributed by atoms with Crippen LogP contribution in [0.5, 0.6) is 5.75 Å². The van der Waals surface area contributed by atoms with Gasteiger partial charge in [0.25, 0.3) is 0 Å². The Morgan fingerprint density at radius 2 is 1.94 bits per heavy atom. The van der Waals surface area contributed by atoms with E-state index in [2.05, 4.69) is 15.5 Å². The number of hydrogen-bond acceptors (Lipinski definition) is 9. The van der Waals surface area contributed by atoms with Crippen molar-refractivity contribution in [3.05, 3.63) is 41.6 Å². The Morgan fingerprint density at radius 1 is 1.19 bits per heavy atom. The van der Waals surface area contributed by atoms with Crippen LogP contribution in [-0.4, -0.2) is 60.4 Å². The summed E-state index contributed by atoms with van der Waals surface area (Å²) in [5.41, 5.74) is 1.98. The molecular weight excluding hydrogens is 476 g/mol. The van der Waals surface area contributed by atoms with Crippen molar-refractivity contribution < 1.29 is 14.3 Å². The molecule has 2 aromatic heterocycles. The Morgan fingerprint density at radius 3 is 2.58 bits per heavy atom. The molecule has 3 aromatic rings. The van der Waals surface area contributed by atoms with E-state index in [4.69, 9.17) is 19.4 Å². The lowest BCUT2D eigenvalue weighted by molar-refractivity contribution is -0.122. The number of anilines is 3. The molecule has 0 spiro atoms. The van der Waals surface area contributed by atoms with Crippen LogP contribution in [0, 0.1) is 12.8 Å². The summed E-state index contributed by atoms with van der Waals surface area (Å²) < 4.78 is 11.0. The molecule has 1 fully saturated rings. The van der Waals surface area contributed by atoms with Gasteiger partial charge in [0.2, 0.25) is 5.75 Å². The van der Waals surface area contributed by atoms with Crippen LogP contribution in [-0.2, 0) is 16.0 Å². The summed E-state index contributed by atoms with van der Waals surface area (Å²) in [5.74, 6) is 2.95. The van der Waals surface area contributed by atoms with Gasteiger partial charge >= 0.3 is 0 Å². The quantitative estimate of drug-likeness (QED) is 0.333. The molecule has 1 aliphatic carbocycles. The Labute approximate surface area is 216 Å². The Hall–Kier alpha value is -3.11. The first kappa shape index (κ1) is 26.0. The lowest BCUT2D eigenvalue weighted by atomic mass is 9.97. The van der Waals surface area contributed by atoms with Crippen molar-refractivity contribution in [2.75, 3.05) is 44.6 Å². The first-order chi connectivity index (χ1) is 17.5. The van der Waals surface area contributed by atoms with E-state index in [0.717, 1.165) is 29.0 Å². The van der Waals surface area contributed by atoms with E-state index in [-0.39, 0.29) is 5.92 Å². The largest absolute Gasteiger partial charge is 0.490 e. The van der Waals surface area contributed by atoms with Crippen molar-refractivity contribution in [2.24, 2.45) is 5.92 Å². The van der Waals surface area contributed by atoms with Crippen LogP contribution in [0.3, 0.4) is 0 Å². The van der Waals surface area contributed by atoms with Gasteiger partial charge in [0, 0.05) is 49.7 Å². The predicted octanol–water partition coefficient (Wildman–Crippen LogP) is 4.80. The molecule has 1 aromatic carbocycles. The third-order valence-electron chi connectivity index (χ3n) is 6.30. The second-order valence-electron chi connectivity index (χ2n) is 9.06. The third-order valence-corrected chi connectivity index (χ3v) is 7.17. The fourth-order valence-electron chi connectivity index (χ4n) is 4.31. The number of aryl methyl sites for hydroxylation is 1. The molecule has 1 saturated carbocycles. The summed E-state index contributed by atoms with van der Waals surface area (Å²) in [6.07, 6.45) is 4.92. The number of likely N-dealkylation sites (N-methyl/N-ethyl adjacent to an activating group) is 1. The summed E-state index contributed by atoms with van der Waals surface area (Å²) in [6, 6.07) is 9.99. The van der Waals surface area contributed by atoms with Crippen molar-refractivity contribution in [3.63, 3.8) is 0 Å². The average Bonchev–Trinajstić information content (AvgIpc) is 3.56. The molecule has 2 heterocycles. The number of ketones is 1. The van der Waals surface area contributed by atoms with Crippen LogP contribution < -0.4 is 15.0 Å². The standard InChI is InChI=1S/C26H34N6O3S/c1-17-15-22(31-30-17)27-24-23(35-4)25(32(2)13-14-34-3)29-26(28-24)36-20-11-9-18(10-12-20)16-21(33)19-7-5-6-8-19/h9-12,15,19H,5-8,13-14,16H2,1-4H3,(H2,27,28,29,30,31). The molecule has 9 nitrogen and oxygen atoms in total. The van der Waals surface area contributed by atoms with Crippen molar-refractivity contribution >= 4 is 35.0 Å². The van der Waals surface area contributed by atoms with Gasteiger partial charge in [0.05, 0.1) is 13.7 Å². The summed E-state index contributed by atoms with van der Waals surface area (Å²) in [7, 11) is 5.22. The number of carbonyl (C=O) groups excluding carboxylic acids is 1. The van der Waals surface area contributed by atoms with E-state index in [9.17, 15) is 4.79 Å². The minimum absolute atomic E-state index is 0.240. The molecule has 0 atom stereocenters. The molecular formula is C26H34N6O3S. The van der Waals surface area contributed by atoms with Crippen LogP contribution in [0.25, 0.3) is 0 Å². The zero-order valence-electron chi connectivity index (χ0n) is 21.3. The topological polar surface area (TPSA) is 105 Å². The minimum Gasteiger partial charge on any atom is -0.490 e. The molecule has 4 rings (SSSR count). The number of methoxy groups -OCH3 is 2. The van der Waals surface area contributed by atoms with E-state index in [1.54, 1.807) is 14.2 Å². The second kappa shape index (κ2) is 12.2. The molecule has 0 radical (unpaired) electrons. The number of aromatic nitrogens is 4. The second-order valence-corrected chi connectivity index (χ2v) is 10.1. The maximum Gasteiger partial charge on any atom is 0.204 e. The maximum absolute atomic E-state index is 12.6. The van der Waals surface area contributed by atoms with Crippen LogP contribution in [0.4, 0.5) is 17.5 Å². The Balaban J connectivity index is 1.56. The number of Topliss-reactive ketones (excluding diaryl/α,β-unsaturated/α-hetero) is 1. The zero-order chi connectivity index (χ0) is 25.5. The van der Waals surface area contributed by atoms with Gasteiger partial charge in [0.15, 0.2) is 22.6 Å². The third kappa shape index (κ3) is 6.55. The number of nitrogens with zero attached hydrogens (tertiary/aromatic N) is 4. The SMILES string of the molecule is COCCN(C)c1nc(Sc2ccc(CC(=O)C3CCCC3)cc2)nc(Nc2cc(C)[nH]n2)c1OC. The summed E-state index contributed by atoms with van der Waals surface area (Å²) in [5, 5.41) is 11.0. The molecule has 0 bridgehead atoms. The predicted molar refractivity (Wildman–Crippen MR) is 142 cm³/mol. The summed E-state index contributed by atoms with van der Waals surface area (Å²) in [6.45, 7) is 3.12. The molecule has 10 heteroatoms. The number of carbonyl (C=O) groups is 1. The Bertz CT molecular complexity index is 1160.